The van der Waals surface area contributed by atoms with Gasteiger partial charge in [-0.2, -0.15) is 0 Å². The van der Waals surface area contributed by atoms with Crippen molar-refractivity contribution in [3.63, 3.8) is 0 Å². The number of hydrogen-bond donors (Lipinski definition) is 0. The summed E-state index contributed by atoms with van der Waals surface area (Å²) in [6.45, 7) is 0.983. The topological polar surface area (TPSA) is 55.8 Å². The highest BCUT2D eigenvalue weighted by molar-refractivity contribution is 5.74. The molecule has 0 unspecified atom stereocenters. The number of carbonyl (C=O) groups is 2. The van der Waals surface area contributed by atoms with E-state index in [9.17, 15) is 9.59 Å². The Morgan fingerprint density at radius 3 is 2.71 bits per heavy atom. The fraction of sp³-hybridized carbons (Fsp3) is 0.375. The van der Waals surface area contributed by atoms with E-state index in [1.807, 2.05) is 42.5 Å². The Balaban J connectivity index is 1.91. The Bertz CT molecular complexity index is 512. The highest BCUT2D eigenvalue weighted by Crippen LogP contribution is 2.14. The molecule has 1 aliphatic heterocycles. The van der Waals surface area contributed by atoms with Crippen LogP contribution in [0.25, 0.3) is 0 Å². The monoisotopic (exact) mass is 289 g/mol. The first kappa shape index (κ1) is 15.1. The van der Waals surface area contributed by atoms with Gasteiger partial charge in [0.05, 0.1) is 13.0 Å². The van der Waals surface area contributed by atoms with Crippen LogP contribution >= 0.6 is 0 Å². The molecule has 0 aromatic heterocycles. The molecule has 1 heterocycles. The molecule has 2 rings (SSSR count). The lowest BCUT2D eigenvalue weighted by molar-refractivity contribution is -0.145. The number of methoxy groups -OCH3 is 1. The zero-order chi connectivity index (χ0) is 15.1. The maximum absolute atomic E-state index is 12.1. The van der Waals surface area contributed by atoms with E-state index in [2.05, 4.69) is 0 Å². The Labute approximate surface area is 124 Å². The van der Waals surface area contributed by atoms with E-state index in [4.69, 9.17) is 9.47 Å². The molecule has 1 atom stereocenters. The van der Waals surface area contributed by atoms with Crippen LogP contribution in [0.4, 0.5) is 4.79 Å². The number of carbonyl (C=O) groups excluding carboxylic acids is 2. The van der Waals surface area contributed by atoms with Crippen LogP contribution in [0.5, 0.6) is 0 Å². The van der Waals surface area contributed by atoms with E-state index < -0.39 is 6.09 Å². The highest BCUT2D eigenvalue weighted by Gasteiger charge is 2.26. The summed E-state index contributed by atoms with van der Waals surface area (Å²) in [6, 6.07) is 9.49. The van der Waals surface area contributed by atoms with Crippen molar-refractivity contribution < 1.29 is 19.1 Å². The molecule has 1 aromatic carbocycles. The van der Waals surface area contributed by atoms with Crippen LogP contribution < -0.4 is 0 Å². The predicted octanol–water partition coefficient (Wildman–Crippen LogP) is 2.37. The van der Waals surface area contributed by atoms with Gasteiger partial charge >= 0.3 is 12.1 Å². The number of ether oxygens (including phenoxy) is 2. The van der Waals surface area contributed by atoms with E-state index in [0.717, 1.165) is 5.56 Å². The predicted molar refractivity (Wildman–Crippen MR) is 77.5 cm³/mol. The molecule has 112 valence electrons. The summed E-state index contributed by atoms with van der Waals surface area (Å²) in [7, 11) is 1.36. The van der Waals surface area contributed by atoms with E-state index in [0.29, 0.717) is 19.5 Å². The summed E-state index contributed by atoms with van der Waals surface area (Å²) in [5, 5.41) is 0. The van der Waals surface area contributed by atoms with E-state index in [-0.39, 0.29) is 18.5 Å². The van der Waals surface area contributed by atoms with Gasteiger partial charge < -0.3 is 14.4 Å². The lowest BCUT2D eigenvalue weighted by Crippen LogP contribution is -2.37. The average molecular weight is 289 g/mol. The fourth-order valence-corrected chi connectivity index (χ4v) is 2.17. The molecule has 0 bridgehead atoms. The minimum absolute atomic E-state index is 0.225. The molecular weight excluding hydrogens is 270 g/mol. The SMILES string of the molecule is COC(=O)[C@H]1CC=CCN(C(=O)OCc2ccccc2)C1. The van der Waals surface area contributed by atoms with Gasteiger partial charge in [0.25, 0.3) is 0 Å². The first-order chi connectivity index (χ1) is 10.2. The summed E-state index contributed by atoms with van der Waals surface area (Å²) in [5.41, 5.74) is 0.931. The minimum Gasteiger partial charge on any atom is -0.469 e. The van der Waals surface area contributed by atoms with Gasteiger partial charge in [-0.05, 0) is 12.0 Å². The van der Waals surface area contributed by atoms with Gasteiger partial charge in [-0.3, -0.25) is 4.79 Å². The van der Waals surface area contributed by atoms with Gasteiger partial charge in [-0.15, -0.1) is 0 Å². The van der Waals surface area contributed by atoms with Crippen LogP contribution in [0.3, 0.4) is 0 Å². The van der Waals surface area contributed by atoms with Crippen molar-refractivity contribution in [2.24, 2.45) is 5.92 Å². The Hall–Kier alpha value is -2.30. The molecular formula is C16H19NO4. The molecule has 0 saturated heterocycles. The van der Waals surface area contributed by atoms with Gasteiger partial charge in [0.1, 0.15) is 6.61 Å². The van der Waals surface area contributed by atoms with Gasteiger partial charge in [-0.25, -0.2) is 4.79 Å². The van der Waals surface area contributed by atoms with Gasteiger partial charge in [0.15, 0.2) is 0 Å². The largest absolute Gasteiger partial charge is 0.469 e. The molecule has 5 nitrogen and oxygen atoms in total. The number of allylic oxidation sites excluding steroid dienone is 1. The van der Waals surface area contributed by atoms with Crippen LogP contribution in [-0.4, -0.2) is 37.2 Å². The zero-order valence-electron chi connectivity index (χ0n) is 12.0. The molecule has 0 spiro atoms. The van der Waals surface area contributed by atoms with Crippen LogP contribution in [0.1, 0.15) is 12.0 Å². The van der Waals surface area contributed by atoms with Crippen LogP contribution in [0.15, 0.2) is 42.5 Å². The first-order valence-electron chi connectivity index (χ1n) is 6.89. The molecule has 0 fully saturated rings. The third-order valence-electron chi connectivity index (χ3n) is 3.35. The van der Waals surface area contributed by atoms with Crippen molar-refractivity contribution in [2.45, 2.75) is 13.0 Å². The number of amides is 1. The van der Waals surface area contributed by atoms with E-state index in [1.54, 1.807) is 0 Å². The quantitative estimate of drug-likeness (QED) is 0.633. The average Bonchev–Trinajstić information content (AvgIpc) is 2.79. The third kappa shape index (κ3) is 4.34. The summed E-state index contributed by atoms with van der Waals surface area (Å²) >= 11 is 0. The van der Waals surface area contributed by atoms with Gasteiger partial charge in [0, 0.05) is 13.1 Å². The summed E-state index contributed by atoms with van der Waals surface area (Å²) in [6.07, 6.45) is 3.92. The number of hydrogen-bond acceptors (Lipinski definition) is 4. The minimum atomic E-state index is -0.417. The molecule has 0 N–H and O–H groups in total. The molecule has 1 amide bonds. The first-order valence-corrected chi connectivity index (χ1v) is 6.89. The van der Waals surface area contributed by atoms with Crippen molar-refractivity contribution in [2.75, 3.05) is 20.2 Å². The molecule has 0 aliphatic carbocycles. The summed E-state index contributed by atoms with van der Waals surface area (Å²) < 4.78 is 10.0. The maximum atomic E-state index is 12.1. The van der Waals surface area contributed by atoms with Gasteiger partial charge in [0.2, 0.25) is 0 Å². The summed E-state index contributed by atoms with van der Waals surface area (Å²) in [4.78, 5) is 25.3. The lowest BCUT2D eigenvalue weighted by Gasteiger charge is -2.22. The van der Waals surface area contributed by atoms with Gasteiger partial charge in [-0.1, -0.05) is 42.5 Å². The smallest absolute Gasteiger partial charge is 0.410 e. The molecule has 1 aliphatic rings. The molecule has 1 aromatic rings. The van der Waals surface area contributed by atoms with Crippen LogP contribution in [0, 0.1) is 5.92 Å². The van der Waals surface area contributed by atoms with Crippen LogP contribution in [0.2, 0.25) is 0 Å². The molecule has 0 radical (unpaired) electrons. The second-order valence-corrected chi connectivity index (χ2v) is 4.87. The van der Waals surface area contributed by atoms with Crippen molar-refractivity contribution in [1.29, 1.82) is 0 Å². The second kappa shape index (κ2) is 7.47. The van der Waals surface area contributed by atoms with Crippen molar-refractivity contribution in [3.05, 3.63) is 48.0 Å². The zero-order valence-corrected chi connectivity index (χ0v) is 12.0. The Morgan fingerprint density at radius 2 is 2.00 bits per heavy atom. The number of benzene rings is 1. The second-order valence-electron chi connectivity index (χ2n) is 4.87. The van der Waals surface area contributed by atoms with E-state index >= 15 is 0 Å². The fourth-order valence-electron chi connectivity index (χ4n) is 2.17. The Kier molecular flexibility index (Phi) is 5.37. The number of nitrogens with zero attached hydrogens (tertiary/aromatic N) is 1. The number of rotatable bonds is 3. The molecule has 21 heavy (non-hydrogen) atoms. The molecule has 0 saturated carbocycles. The third-order valence-corrected chi connectivity index (χ3v) is 3.35. The van der Waals surface area contributed by atoms with Crippen LogP contribution in [-0.2, 0) is 20.9 Å². The lowest BCUT2D eigenvalue weighted by atomic mass is 10.1. The van der Waals surface area contributed by atoms with E-state index in [1.165, 1.54) is 12.0 Å². The Morgan fingerprint density at radius 1 is 1.24 bits per heavy atom. The van der Waals surface area contributed by atoms with Crippen molar-refractivity contribution >= 4 is 12.1 Å². The normalized spacial score (nSPS) is 18.0. The highest BCUT2D eigenvalue weighted by atomic mass is 16.6. The van der Waals surface area contributed by atoms with Crippen molar-refractivity contribution in [1.82, 2.24) is 4.90 Å². The summed E-state index contributed by atoms with van der Waals surface area (Å²) in [5.74, 6) is -0.638. The maximum Gasteiger partial charge on any atom is 0.410 e. The molecule has 5 heteroatoms. The van der Waals surface area contributed by atoms with Crippen molar-refractivity contribution in [3.8, 4) is 0 Å². The number of esters is 1. The standard InChI is InChI=1S/C16H19NO4/c1-20-15(18)14-9-5-6-10-17(11-14)16(19)21-12-13-7-3-2-4-8-13/h2-8,14H,9-12H2,1H3/t14-/m0/s1.